The van der Waals surface area contributed by atoms with Crippen molar-refractivity contribution in [3.8, 4) is 0 Å². The Morgan fingerprint density at radius 1 is 1.53 bits per heavy atom. The lowest BCUT2D eigenvalue weighted by Crippen LogP contribution is -2.43. The van der Waals surface area contributed by atoms with Gasteiger partial charge in [-0.25, -0.2) is 0 Å². The summed E-state index contributed by atoms with van der Waals surface area (Å²) < 4.78 is 0. The molecule has 1 fully saturated rings. The third-order valence-corrected chi connectivity index (χ3v) is 3.11. The van der Waals surface area contributed by atoms with Crippen LogP contribution < -0.4 is 10.7 Å². The molecule has 1 aromatic rings. The van der Waals surface area contributed by atoms with E-state index in [1.54, 1.807) is 4.90 Å². The molecule has 19 heavy (non-hydrogen) atoms. The molecule has 1 unspecified atom stereocenters. The van der Waals surface area contributed by atoms with Crippen LogP contribution in [0.3, 0.4) is 0 Å². The van der Waals surface area contributed by atoms with Gasteiger partial charge in [-0.3, -0.25) is 14.4 Å². The summed E-state index contributed by atoms with van der Waals surface area (Å²) in [5.74, 6) is -0.292. The van der Waals surface area contributed by atoms with E-state index in [4.69, 9.17) is 0 Å². The molecule has 1 aliphatic heterocycles. The van der Waals surface area contributed by atoms with Gasteiger partial charge in [0.15, 0.2) is 5.43 Å². The van der Waals surface area contributed by atoms with Crippen molar-refractivity contribution in [2.24, 2.45) is 0 Å². The van der Waals surface area contributed by atoms with Crippen molar-refractivity contribution in [2.45, 2.75) is 25.8 Å². The summed E-state index contributed by atoms with van der Waals surface area (Å²) in [7, 11) is 0. The van der Waals surface area contributed by atoms with Crippen molar-refractivity contribution in [3.63, 3.8) is 0 Å². The largest absolute Gasteiger partial charge is 0.367 e. The van der Waals surface area contributed by atoms with Crippen LogP contribution in [0.4, 0.5) is 0 Å². The number of nitrogens with zero attached hydrogens (tertiary/aromatic N) is 1. The molecule has 2 N–H and O–H groups in total. The third-order valence-electron chi connectivity index (χ3n) is 3.11. The Labute approximate surface area is 110 Å². The van der Waals surface area contributed by atoms with Crippen LogP contribution >= 0.6 is 0 Å². The van der Waals surface area contributed by atoms with Crippen LogP contribution in [0.2, 0.25) is 0 Å². The van der Waals surface area contributed by atoms with E-state index >= 15 is 0 Å². The Bertz CT molecular complexity index is 538. The number of pyridine rings is 1. The second kappa shape index (κ2) is 5.69. The Hall–Kier alpha value is -2.11. The van der Waals surface area contributed by atoms with E-state index < -0.39 is 5.91 Å². The lowest BCUT2D eigenvalue weighted by molar-refractivity contribution is -0.127. The molecule has 0 saturated carbocycles. The van der Waals surface area contributed by atoms with Crippen molar-refractivity contribution in [2.75, 3.05) is 13.1 Å². The quantitative estimate of drug-likeness (QED) is 0.809. The van der Waals surface area contributed by atoms with Gasteiger partial charge in [-0.05, 0) is 13.3 Å². The zero-order valence-corrected chi connectivity index (χ0v) is 10.8. The number of carbonyl (C=O) groups excluding carboxylic acids is 2. The van der Waals surface area contributed by atoms with Gasteiger partial charge in [-0.2, -0.15) is 0 Å². The van der Waals surface area contributed by atoms with Crippen LogP contribution in [0.1, 0.15) is 30.1 Å². The van der Waals surface area contributed by atoms with Crippen LogP contribution in [0.25, 0.3) is 0 Å². The van der Waals surface area contributed by atoms with Crippen LogP contribution in [-0.4, -0.2) is 40.8 Å². The molecule has 0 bridgehead atoms. The normalized spacial score (nSPS) is 16.5. The predicted octanol–water partition coefficient (Wildman–Crippen LogP) is 0.116. The Morgan fingerprint density at radius 3 is 2.95 bits per heavy atom. The van der Waals surface area contributed by atoms with E-state index in [0.717, 1.165) is 13.0 Å². The number of H-pyrrole nitrogens is 1. The number of hydrogen-bond acceptors (Lipinski definition) is 3. The maximum Gasteiger partial charge on any atom is 0.257 e. The fourth-order valence-corrected chi connectivity index (χ4v) is 2.17. The lowest BCUT2D eigenvalue weighted by Gasteiger charge is -2.21. The van der Waals surface area contributed by atoms with Gasteiger partial charge in [0.05, 0.1) is 0 Å². The summed E-state index contributed by atoms with van der Waals surface area (Å²) in [4.78, 5) is 39.3. The molecule has 0 spiro atoms. The second-order valence-corrected chi connectivity index (χ2v) is 4.74. The lowest BCUT2D eigenvalue weighted by atomic mass is 10.2. The average Bonchev–Trinajstić information content (AvgIpc) is 2.75. The van der Waals surface area contributed by atoms with Gasteiger partial charge in [0.25, 0.3) is 5.91 Å². The molecule has 0 aromatic carbocycles. The molecule has 1 atom stereocenters. The monoisotopic (exact) mass is 263 g/mol. The zero-order valence-electron chi connectivity index (χ0n) is 10.8. The van der Waals surface area contributed by atoms with Crippen LogP contribution in [0.15, 0.2) is 23.3 Å². The molecule has 2 amide bonds. The minimum absolute atomic E-state index is 0.0853. The van der Waals surface area contributed by atoms with E-state index in [-0.39, 0.29) is 22.9 Å². The SMILES string of the molecule is CC(CN1CCCC1=O)NC(=O)c1c[nH]ccc1=O. The molecule has 1 aliphatic rings. The number of likely N-dealkylation sites (tertiary alicyclic amines) is 1. The minimum Gasteiger partial charge on any atom is -0.367 e. The molecule has 2 rings (SSSR count). The molecule has 6 nitrogen and oxygen atoms in total. The maximum atomic E-state index is 11.9. The van der Waals surface area contributed by atoms with Crippen LogP contribution in [0, 0.1) is 0 Å². The third kappa shape index (κ3) is 3.21. The molecule has 2 heterocycles. The molecular weight excluding hydrogens is 246 g/mol. The first-order valence-electron chi connectivity index (χ1n) is 6.33. The first-order valence-corrected chi connectivity index (χ1v) is 6.33. The van der Waals surface area contributed by atoms with Gasteiger partial charge < -0.3 is 15.2 Å². The standard InChI is InChI=1S/C13H17N3O3/c1-9(8-16-6-2-3-12(16)18)15-13(19)10-7-14-5-4-11(10)17/h4-5,7,9H,2-3,6,8H2,1H3,(H,14,17)(H,15,19). The Kier molecular flexibility index (Phi) is 3.99. The van der Waals surface area contributed by atoms with E-state index in [2.05, 4.69) is 10.3 Å². The van der Waals surface area contributed by atoms with E-state index in [9.17, 15) is 14.4 Å². The molecule has 0 radical (unpaired) electrons. The van der Waals surface area contributed by atoms with Crippen molar-refractivity contribution in [1.29, 1.82) is 0 Å². The van der Waals surface area contributed by atoms with Gasteiger partial charge in [-0.15, -0.1) is 0 Å². The summed E-state index contributed by atoms with van der Waals surface area (Å²) >= 11 is 0. The van der Waals surface area contributed by atoms with Crippen molar-refractivity contribution in [3.05, 3.63) is 34.2 Å². The number of aromatic nitrogens is 1. The summed E-state index contributed by atoms with van der Waals surface area (Å²) in [5, 5.41) is 2.73. The summed E-state index contributed by atoms with van der Waals surface area (Å²) in [6.07, 6.45) is 4.31. The van der Waals surface area contributed by atoms with Gasteiger partial charge in [0.2, 0.25) is 5.91 Å². The van der Waals surface area contributed by atoms with Gasteiger partial charge >= 0.3 is 0 Å². The number of rotatable bonds is 4. The van der Waals surface area contributed by atoms with E-state index in [0.29, 0.717) is 13.0 Å². The highest BCUT2D eigenvalue weighted by Crippen LogP contribution is 2.09. The fourth-order valence-electron chi connectivity index (χ4n) is 2.17. The Balaban J connectivity index is 1.94. The smallest absolute Gasteiger partial charge is 0.257 e. The summed E-state index contributed by atoms with van der Waals surface area (Å²) in [6.45, 7) is 3.04. The maximum absolute atomic E-state index is 11.9. The first-order chi connectivity index (χ1) is 9.08. The minimum atomic E-state index is -0.416. The van der Waals surface area contributed by atoms with Crippen LogP contribution in [-0.2, 0) is 4.79 Å². The van der Waals surface area contributed by atoms with Crippen molar-refractivity contribution in [1.82, 2.24) is 15.2 Å². The van der Waals surface area contributed by atoms with Crippen molar-refractivity contribution < 1.29 is 9.59 Å². The van der Waals surface area contributed by atoms with Crippen LogP contribution in [0.5, 0.6) is 0 Å². The number of nitrogens with one attached hydrogen (secondary N) is 2. The highest BCUT2D eigenvalue weighted by atomic mass is 16.2. The Morgan fingerprint density at radius 2 is 2.32 bits per heavy atom. The summed E-state index contributed by atoms with van der Waals surface area (Å²) in [6, 6.07) is 1.12. The van der Waals surface area contributed by atoms with Gasteiger partial charge in [-0.1, -0.05) is 0 Å². The molecular formula is C13H17N3O3. The highest BCUT2D eigenvalue weighted by Gasteiger charge is 2.22. The topological polar surface area (TPSA) is 82.3 Å². The number of amides is 2. The number of aromatic amines is 1. The van der Waals surface area contributed by atoms with Gasteiger partial charge in [0, 0.05) is 44.0 Å². The number of carbonyl (C=O) groups is 2. The average molecular weight is 263 g/mol. The molecule has 1 saturated heterocycles. The zero-order chi connectivity index (χ0) is 13.8. The molecule has 102 valence electrons. The second-order valence-electron chi connectivity index (χ2n) is 4.74. The molecule has 1 aromatic heterocycles. The van der Waals surface area contributed by atoms with Crippen molar-refractivity contribution >= 4 is 11.8 Å². The summed E-state index contributed by atoms with van der Waals surface area (Å²) in [5.41, 5.74) is -0.234. The molecule has 0 aliphatic carbocycles. The molecule has 6 heteroatoms. The van der Waals surface area contributed by atoms with Gasteiger partial charge in [0.1, 0.15) is 5.56 Å². The van der Waals surface area contributed by atoms with E-state index in [1.165, 1.54) is 18.5 Å². The van der Waals surface area contributed by atoms with E-state index in [1.807, 2.05) is 6.92 Å². The number of hydrogen-bond donors (Lipinski definition) is 2. The predicted molar refractivity (Wildman–Crippen MR) is 69.8 cm³/mol. The fraction of sp³-hybridized carbons (Fsp3) is 0.462. The highest BCUT2D eigenvalue weighted by molar-refractivity contribution is 5.93. The first kappa shape index (κ1) is 13.3.